The molecule has 1 heterocycles. The molecular weight excluding hydrogens is 266 g/mol. The van der Waals surface area contributed by atoms with Gasteiger partial charge >= 0.3 is 0 Å². The van der Waals surface area contributed by atoms with Gasteiger partial charge in [0.1, 0.15) is 6.54 Å². The molecule has 2 rings (SSSR count). The SMILES string of the molecule is CC(C)C1(O)CN(CC(=O)N(CC#N)c2ccccc2)C1. The molecule has 0 aliphatic carbocycles. The van der Waals surface area contributed by atoms with Crippen LogP contribution in [0.3, 0.4) is 0 Å². The maximum absolute atomic E-state index is 12.4. The molecule has 21 heavy (non-hydrogen) atoms. The Morgan fingerprint density at radius 3 is 2.57 bits per heavy atom. The van der Waals surface area contributed by atoms with Crippen molar-refractivity contribution in [1.82, 2.24) is 4.90 Å². The predicted octanol–water partition coefficient (Wildman–Crippen LogP) is 1.25. The summed E-state index contributed by atoms with van der Waals surface area (Å²) in [5, 5.41) is 19.1. The van der Waals surface area contributed by atoms with Crippen molar-refractivity contribution in [2.24, 2.45) is 5.92 Å². The summed E-state index contributed by atoms with van der Waals surface area (Å²) in [4.78, 5) is 15.8. The number of likely N-dealkylation sites (tertiary alicyclic amines) is 1. The number of carbonyl (C=O) groups excluding carboxylic acids is 1. The van der Waals surface area contributed by atoms with Gasteiger partial charge in [0, 0.05) is 18.8 Å². The Hall–Kier alpha value is -1.90. The third-order valence-electron chi connectivity index (χ3n) is 4.03. The molecule has 0 bridgehead atoms. The first-order chi connectivity index (χ1) is 9.96. The van der Waals surface area contributed by atoms with Crippen LogP contribution in [0.4, 0.5) is 5.69 Å². The Kier molecular flexibility index (Phi) is 4.61. The quantitative estimate of drug-likeness (QED) is 0.828. The number of amides is 1. The van der Waals surface area contributed by atoms with Gasteiger partial charge in [0.25, 0.3) is 0 Å². The molecule has 1 N–H and O–H groups in total. The van der Waals surface area contributed by atoms with Gasteiger partial charge in [-0.1, -0.05) is 32.0 Å². The highest BCUT2D eigenvalue weighted by molar-refractivity contribution is 5.95. The molecule has 1 aliphatic heterocycles. The number of anilines is 1. The van der Waals surface area contributed by atoms with Crippen LogP contribution in [-0.4, -0.2) is 47.7 Å². The van der Waals surface area contributed by atoms with E-state index in [9.17, 15) is 9.90 Å². The van der Waals surface area contributed by atoms with Crippen LogP contribution in [-0.2, 0) is 4.79 Å². The first-order valence-corrected chi connectivity index (χ1v) is 7.13. The van der Waals surface area contributed by atoms with Crippen LogP contribution < -0.4 is 4.90 Å². The van der Waals surface area contributed by atoms with Crippen molar-refractivity contribution in [3.05, 3.63) is 30.3 Å². The zero-order chi connectivity index (χ0) is 15.5. The molecule has 112 valence electrons. The van der Waals surface area contributed by atoms with E-state index in [1.165, 1.54) is 4.90 Å². The van der Waals surface area contributed by atoms with Crippen molar-refractivity contribution in [3.8, 4) is 6.07 Å². The molecule has 0 spiro atoms. The molecule has 1 fully saturated rings. The zero-order valence-electron chi connectivity index (χ0n) is 12.5. The minimum Gasteiger partial charge on any atom is -0.387 e. The van der Waals surface area contributed by atoms with Gasteiger partial charge in [-0.2, -0.15) is 5.26 Å². The van der Waals surface area contributed by atoms with Crippen LogP contribution in [0.1, 0.15) is 13.8 Å². The number of nitrogens with zero attached hydrogens (tertiary/aromatic N) is 3. The number of aliphatic hydroxyl groups is 1. The van der Waals surface area contributed by atoms with E-state index in [-0.39, 0.29) is 24.9 Å². The number of para-hydroxylation sites is 1. The number of hydrogen-bond acceptors (Lipinski definition) is 4. The molecule has 5 heteroatoms. The van der Waals surface area contributed by atoms with Crippen molar-refractivity contribution in [1.29, 1.82) is 5.26 Å². The summed E-state index contributed by atoms with van der Waals surface area (Å²) in [7, 11) is 0. The molecule has 0 saturated carbocycles. The number of β-amino-alcohol motifs (C(OH)–C–C–N with tert-alkyl or cyclic N) is 1. The second kappa shape index (κ2) is 6.25. The number of nitriles is 1. The molecule has 1 aromatic carbocycles. The molecule has 0 atom stereocenters. The van der Waals surface area contributed by atoms with E-state index in [4.69, 9.17) is 5.26 Å². The lowest BCUT2D eigenvalue weighted by Crippen LogP contribution is -2.65. The lowest BCUT2D eigenvalue weighted by molar-refractivity contribution is -0.140. The van der Waals surface area contributed by atoms with Gasteiger partial charge in [-0.05, 0) is 18.1 Å². The van der Waals surface area contributed by atoms with Crippen molar-refractivity contribution < 1.29 is 9.90 Å². The normalized spacial score (nSPS) is 17.1. The lowest BCUT2D eigenvalue weighted by Gasteiger charge is -2.49. The third-order valence-corrected chi connectivity index (χ3v) is 4.03. The van der Waals surface area contributed by atoms with Crippen LogP contribution >= 0.6 is 0 Å². The van der Waals surface area contributed by atoms with Gasteiger partial charge in [0.05, 0.1) is 18.2 Å². The van der Waals surface area contributed by atoms with Crippen LogP contribution in [0, 0.1) is 17.2 Å². The number of rotatable bonds is 5. The third kappa shape index (κ3) is 3.41. The van der Waals surface area contributed by atoms with E-state index >= 15 is 0 Å². The van der Waals surface area contributed by atoms with E-state index in [0.717, 1.165) is 5.69 Å². The van der Waals surface area contributed by atoms with Gasteiger partial charge in [0.2, 0.25) is 5.91 Å². The summed E-state index contributed by atoms with van der Waals surface area (Å²) < 4.78 is 0. The Morgan fingerprint density at radius 2 is 2.05 bits per heavy atom. The Bertz CT molecular complexity index is 530. The van der Waals surface area contributed by atoms with Gasteiger partial charge < -0.3 is 5.11 Å². The molecular formula is C16H21N3O2. The highest BCUT2D eigenvalue weighted by Crippen LogP contribution is 2.28. The topological polar surface area (TPSA) is 67.6 Å². The standard InChI is InChI=1S/C16H21N3O2/c1-13(2)16(21)11-18(12-16)10-15(20)19(9-8-17)14-6-4-3-5-7-14/h3-7,13,21H,9-12H2,1-2H3. The molecule has 0 radical (unpaired) electrons. The summed E-state index contributed by atoms with van der Waals surface area (Å²) in [6.07, 6.45) is 0. The Morgan fingerprint density at radius 1 is 1.43 bits per heavy atom. The number of hydrogen-bond donors (Lipinski definition) is 1. The monoisotopic (exact) mass is 287 g/mol. The largest absolute Gasteiger partial charge is 0.387 e. The van der Waals surface area contributed by atoms with E-state index in [0.29, 0.717) is 13.1 Å². The fraction of sp³-hybridized carbons (Fsp3) is 0.500. The summed E-state index contributed by atoms with van der Waals surface area (Å²) in [5.41, 5.74) is 0.0382. The highest BCUT2D eigenvalue weighted by Gasteiger charge is 2.44. The summed E-state index contributed by atoms with van der Waals surface area (Å²) in [5.74, 6) is 0.0572. The maximum atomic E-state index is 12.4. The average molecular weight is 287 g/mol. The molecule has 1 amide bonds. The van der Waals surface area contributed by atoms with E-state index in [1.54, 1.807) is 0 Å². The predicted molar refractivity (Wildman–Crippen MR) is 80.6 cm³/mol. The van der Waals surface area contributed by atoms with E-state index < -0.39 is 5.60 Å². The summed E-state index contributed by atoms with van der Waals surface area (Å²) in [6, 6.07) is 11.2. The minimum atomic E-state index is -0.687. The van der Waals surface area contributed by atoms with Crippen LogP contribution in [0.2, 0.25) is 0 Å². The smallest absolute Gasteiger partial charge is 0.242 e. The second-order valence-electron chi connectivity index (χ2n) is 5.88. The highest BCUT2D eigenvalue weighted by atomic mass is 16.3. The fourth-order valence-corrected chi connectivity index (χ4v) is 2.48. The average Bonchev–Trinajstić information content (AvgIpc) is 2.43. The van der Waals surface area contributed by atoms with Crippen molar-refractivity contribution >= 4 is 11.6 Å². The Balaban J connectivity index is 1.97. The van der Waals surface area contributed by atoms with Gasteiger partial charge in [-0.15, -0.1) is 0 Å². The van der Waals surface area contributed by atoms with Gasteiger partial charge in [0.15, 0.2) is 0 Å². The molecule has 5 nitrogen and oxygen atoms in total. The maximum Gasteiger partial charge on any atom is 0.242 e. The molecule has 1 saturated heterocycles. The first-order valence-electron chi connectivity index (χ1n) is 7.13. The molecule has 0 aromatic heterocycles. The fourth-order valence-electron chi connectivity index (χ4n) is 2.48. The number of carbonyl (C=O) groups is 1. The zero-order valence-corrected chi connectivity index (χ0v) is 12.5. The van der Waals surface area contributed by atoms with Crippen LogP contribution in [0.15, 0.2) is 30.3 Å². The van der Waals surface area contributed by atoms with Crippen molar-refractivity contribution in [3.63, 3.8) is 0 Å². The first kappa shape index (κ1) is 15.5. The van der Waals surface area contributed by atoms with Gasteiger partial charge in [-0.3, -0.25) is 14.6 Å². The van der Waals surface area contributed by atoms with Crippen LogP contribution in [0.5, 0.6) is 0 Å². The molecule has 1 aliphatic rings. The minimum absolute atomic E-state index is 0.0329. The van der Waals surface area contributed by atoms with Crippen molar-refractivity contribution in [2.75, 3.05) is 31.1 Å². The lowest BCUT2D eigenvalue weighted by atomic mass is 9.83. The molecule has 0 unspecified atom stereocenters. The van der Waals surface area contributed by atoms with E-state index in [1.807, 2.05) is 55.1 Å². The summed E-state index contributed by atoms with van der Waals surface area (Å²) >= 11 is 0. The summed E-state index contributed by atoms with van der Waals surface area (Å²) in [6.45, 7) is 5.23. The van der Waals surface area contributed by atoms with Crippen molar-refractivity contribution in [2.45, 2.75) is 19.4 Å². The van der Waals surface area contributed by atoms with Crippen LogP contribution in [0.25, 0.3) is 0 Å². The van der Waals surface area contributed by atoms with Gasteiger partial charge in [-0.25, -0.2) is 0 Å². The molecule has 1 aromatic rings. The second-order valence-corrected chi connectivity index (χ2v) is 5.88. The number of benzene rings is 1. The van der Waals surface area contributed by atoms with E-state index in [2.05, 4.69) is 0 Å². The Labute approximate surface area is 125 Å².